The van der Waals surface area contributed by atoms with Gasteiger partial charge in [-0.3, -0.25) is 4.79 Å². The SMILES string of the molecule is COc1ccc(OCCNC(=O)CC(C)C2CCCNC2)cc1. The molecule has 1 aromatic carbocycles. The molecule has 1 aliphatic heterocycles. The lowest BCUT2D eigenvalue weighted by molar-refractivity contribution is -0.122. The average molecular weight is 320 g/mol. The molecule has 0 spiro atoms. The molecule has 2 unspecified atom stereocenters. The van der Waals surface area contributed by atoms with Crippen LogP contribution in [0.1, 0.15) is 26.2 Å². The van der Waals surface area contributed by atoms with Crippen molar-refractivity contribution in [2.75, 3.05) is 33.4 Å². The second kappa shape index (κ2) is 9.40. The molecule has 1 saturated heterocycles. The lowest BCUT2D eigenvalue weighted by Crippen LogP contribution is -2.36. The summed E-state index contributed by atoms with van der Waals surface area (Å²) in [5, 5.41) is 6.34. The second-order valence-electron chi connectivity index (χ2n) is 6.16. The van der Waals surface area contributed by atoms with Crippen LogP contribution in [-0.4, -0.2) is 39.3 Å². The van der Waals surface area contributed by atoms with Gasteiger partial charge in [-0.05, 0) is 62.0 Å². The predicted molar refractivity (Wildman–Crippen MR) is 90.9 cm³/mol. The van der Waals surface area contributed by atoms with Gasteiger partial charge in [0.15, 0.2) is 0 Å². The van der Waals surface area contributed by atoms with Crippen LogP contribution in [0.2, 0.25) is 0 Å². The van der Waals surface area contributed by atoms with E-state index in [0.29, 0.717) is 31.4 Å². The first-order valence-corrected chi connectivity index (χ1v) is 8.43. The summed E-state index contributed by atoms with van der Waals surface area (Å²) in [4.78, 5) is 12.0. The molecular formula is C18H28N2O3. The number of amides is 1. The van der Waals surface area contributed by atoms with Gasteiger partial charge in [0.25, 0.3) is 0 Å². The number of carbonyl (C=O) groups is 1. The van der Waals surface area contributed by atoms with E-state index in [0.717, 1.165) is 24.6 Å². The second-order valence-corrected chi connectivity index (χ2v) is 6.16. The first kappa shape index (κ1) is 17.6. The zero-order chi connectivity index (χ0) is 16.5. The van der Waals surface area contributed by atoms with Gasteiger partial charge >= 0.3 is 0 Å². The van der Waals surface area contributed by atoms with E-state index in [1.54, 1.807) is 7.11 Å². The molecule has 1 aliphatic rings. The largest absolute Gasteiger partial charge is 0.497 e. The molecule has 128 valence electrons. The van der Waals surface area contributed by atoms with Crippen LogP contribution >= 0.6 is 0 Å². The maximum absolute atomic E-state index is 12.0. The molecule has 5 nitrogen and oxygen atoms in total. The molecule has 2 atom stereocenters. The van der Waals surface area contributed by atoms with Crippen LogP contribution in [0.5, 0.6) is 11.5 Å². The van der Waals surface area contributed by atoms with E-state index in [4.69, 9.17) is 9.47 Å². The number of ether oxygens (including phenoxy) is 2. The van der Waals surface area contributed by atoms with Crippen molar-refractivity contribution in [3.63, 3.8) is 0 Å². The number of rotatable bonds is 8. The Morgan fingerprint density at radius 1 is 1.35 bits per heavy atom. The summed E-state index contributed by atoms with van der Waals surface area (Å²) in [6.45, 7) is 5.32. The monoisotopic (exact) mass is 320 g/mol. The molecule has 1 heterocycles. The molecule has 23 heavy (non-hydrogen) atoms. The number of hydrogen-bond acceptors (Lipinski definition) is 4. The normalized spacial score (nSPS) is 19.0. The van der Waals surface area contributed by atoms with E-state index in [1.165, 1.54) is 12.8 Å². The van der Waals surface area contributed by atoms with Gasteiger partial charge in [-0.15, -0.1) is 0 Å². The number of piperidine rings is 1. The number of methoxy groups -OCH3 is 1. The summed E-state index contributed by atoms with van der Waals surface area (Å²) >= 11 is 0. The van der Waals surface area contributed by atoms with Crippen LogP contribution in [0.3, 0.4) is 0 Å². The third-order valence-corrected chi connectivity index (χ3v) is 4.40. The molecular weight excluding hydrogens is 292 g/mol. The van der Waals surface area contributed by atoms with E-state index in [2.05, 4.69) is 17.6 Å². The number of hydrogen-bond donors (Lipinski definition) is 2. The highest BCUT2D eigenvalue weighted by atomic mass is 16.5. The summed E-state index contributed by atoms with van der Waals surface area (Å²) in [5.41, 5.74) is 0. The van der Waals surface area contributed by atoms with Crippen LogP contribution in [0.25, 0.3) is 0 Å². The highest BCUT2D eigenvalue weighted by molar-refractivity contribution is 5.76. The lowest BCUT2D eigenvalue weighted by atomic mass is 9.85. The third-order valence-electron chi connectivity index (χ3n) is 4.40. The summed E-state index contributed by atoms with van der Waals surface area (Å²) in [7, 11) is 1.63. The lowest BCUT2D eigenvalue weighted by Gasteiger charge is -2.28. The Balaban J connectivity index is 1.60. The number of benzene rings is 1. The first-order valence-electron chi connectivity index (χ1n) is 8.43. The Morgan fingerprint density at radius 2 is 2.09 bits per heavy atom. The molecule has 0 radical (unpaired) electrons. The average Bonchev–Trinajstić information content (AvgIpc) is 2.60. The summed E-state index contributed by atoms with van der Waals surface area (Å²) < 4.78 is 10.7. The van der Waals surface area contributed by atoms with Gasteiger partial charge in [-0.1, -0.05) is 6.92 Å². The van der Waals surface area contributed by atoms with Crippen molar-refractivity contribution in [3.05, 3.63) is 24.3 Å². The summed E-state index contributed by atoms with van der Waals surface area (Å²) in [5.74, 6) is 2.73. The van der Waals surface area contributed by atoms with Crippen molar-refractivity contribution >= 4 is 5.91 Å². The minimum atomic E-state index is 0.112. The Labute approximate surface area is 138 Å². The van der Waals surface area contributed by atoms with Crippen molar-refractivity contribution in [1.82, 2.24) is 10.6 Å². The van der Waals surface area contributed by atoms with Crippen molar-refractivity contribution in [1.29, 1.82) is 0 Å². The molecule has 1 fully saturated rings. The Bertz CT molecular complexity index is 470. The van der Waals surface area contributed by atoms with E-state index in [1.807, 2.05) is 24.3 Å². The molecule has 0 saturated carbocycles. The van der Waals surface area contributed by atoms with E-state index in [-0.39, 0.29) is 5.91 Å². The zero-order valence-electron chi connectivity index (χ0n) is 14.1. The number of carbonyl (C=O) groups excluding carboxylic acids is 1. The van der Waals surface area contributed by atoms with Crippen LogP contribution in [-0.2, 0) is 4.79 Å². The van der Waals surface area contributed by atoms with E-state index >= 15 is 0 Å². The molecule has 2 N–H and O–H groups in total. The highest BCUT2D eigenvalue weighted by Gasteiger charge is 2.21. The molecule has 5 heteroatoms. The van der Waals surface area contributed by atoms with Gasteiger partial charge in [0.2, 0.25) is 5.91 Å². The van der Waals surface area contributed by atoms with Gasteiger partial charge in [-0.2, -0.15) is 0 Å². The third kappa shape index (κ3) is 6.10. The quantitative estimate of drug-likeness (QED) is 0.721. The molecule has 2 rings (SSSR count). The Hall–Kier alpha value is -1.75. The first-order chi connectivity index (χ1) is 11.2. The number of nitrogens with one attached hydrogen (secondary N) is 2. The van der Waals surface area contributed by atoms with Crippen molar-refractivity contribution in [2.45, 2.75) is 26.2 Å². The highest BCUT2D eigenvalue weighted by Crippen LogP contribution is 2.22. The van der Waals surface area contributed by atoms with Gasteiger partial charge in [-0.25, -0.2) is 0 Å². The fourth-order valence-corrected chi connectivity index (χ4v) is 2.93. The van der Waals surface area contributed by atoms with Crippen LogP contribution in [0.4, 0.5) is 0 Å². The topological polar surface area (TPSA) is 59.6 Å². The Morgan fingerprint density at radius 3 is 2.74 bits per heavy atom. The molecule has 0 aromatic heterocycles. The van der Waals surface area contributed by atoms with Crippen LogP contribution in [0.15, 0.2) is 24.3 Å². The zero-order valence-corrected chi connectivity index (χ0v) is 14.1. The van der Waals surface area contributed by atoms with Gasteiger partial charge in [0.1, 0.15) is 18.1 Å². The van der Waals surface area contributed by atoms with E-state index < -0.39 is 0 Å². The van der Waals surface area contributed by atoms with Gasteiger partial charge < -0.3 is 20.1 Å². The van der Waals surface area contributed by atoms with Gasteiger partial charge in [0, 0.05) is 6.42 Å². The molecule has 0 aliphatic carbocycles. The van der Waals surface area contributed by atoms with Crippen molar-refractivity contribution in [3.8, 4) is 11.5 Å². The summed E-state index contributed by atoms with van der Waals surface area (Å²) in [6, 6.07) is 7.43. The maximum Gasteiger partial charge on any atom is 0.220 e. The fraction of sp³-hybridized carbons (Fsp3) is 0.611. The molecule has 1 aromatic rings. The molecule has 1 amide bonds. The summed E-state index contributed by atoms with van der Waals surface area (Å²) in [6.07, 6.45) is 3.03. The smallest absolute Gasteiger partial charge is 0.220 e. The van der Waals surface area contributed by atoms with Crippen molar-refractivity contribution in [2.24, 2.45) is 11.8 Å². The minimum Gasteiger partial charge on any atom is -0.497 e. The standard InChI is InChI=1S/C18H28N2O3/c1-14(15-4-3-9-19-13-15)12-18(21)20-10-11-23-17-7-5-16(22-2)6-8-17/h5-8,14-15,19H,3-4,9-13H2,1-2H3,(H,20,21). The fourth-order valence-electron chi connectivity index (χ4n) is 2.93. The minimum absolute atomic E-state index is 0.112. The van der Waals surface area contributed by atoms with E-state index in [9.17, 15) is 4.79 Å². The predicted octanol–water partition coefficient (Wildman–Crippen LogP) is 2.22. The Kier molecular flexibility index (Phi) is 7.20. The van der Waals surface area contributed by atoms with Crippen LogP contribution in [0, 0.1) is 11.8 Å². The van der Waals surface area contributed by atoms with Gasteiger partial charge in [0.05, 0.1) is 13.7 Å². The molecule has 0 bridgehead atoms. The van der Waals surface area contributed by atoms with Crippen LogP contribution < -0.4 is 20.1 Å². The van der Waals surface area contributed by atoms with Crippen molar-refractivity contribution < 1.29 is 14.3 Å². The maximum atomic E-state index is 12.0.